The summed E-state index contributed by atoms with van der Waals surface area (Å²) in [5.74, 6) is 1.44. The number of nitrogens with zero attached hydrogens (tertiary/aromatic N) is 1. The third-order valence-corrected chi connectivity index (χ3v) is 4.26. The van der Waals surface area contributed by atoms with Crippen molar-refractivity contribution in [3.8, 4) is 22.6 Å². The maximum atomic E-state index is 9.55. The van der Waals surface area contributed by atoms with Crippen molar-refractivity contribution >= 4 is 7.12 Å². The minimum Gasteiger partial charge on any atom is -0.493 e. The summed E-state index contributed by atoms with van der Waals surface area (Å²) >= 11 is 0. The van der Waals surface area contributed by atoms with Crippen LogP contribution in [0.1, 0.15) is 17.9 Å². The maximum Gasteiger partial charge on any atom is 0.454 e. The van der Waals surface area contributed by atoms with Crippen LogP contribution in [0.15, 0.2) is 36.7 Å². The molecule has 1 atom stereocenters. The first kappa shape index (κ1) is 17.7. The molecule has 0 spiro atoms. The van der Waals surface area contributed by atoms with Gasteiger partial charge in [0, 0.05) is 43.5 Å². The second-order valence-corrected chi connectivity index (χ2v) is 6.02. The largest absolute Gasteiger partial charge is 0.493 e. The summed E-state index contributed by atoms with van der Waals surface area (Å²) in [4.78, 5) is 4.34. The molecular formula is C18H22BNO5. The Kier molecular flexibility index (Phi) is 5.91. The molecule has 1 aliphatic rings. The van der Waals surface area contributed by atoms with Crippen molar-refractivity contribution in [3.05, 3.63) is 42.2 Å². The first-order valence-corrected chi connectivity index (χ1v) is 8.38. The molecule has 1 saturated heterocycles. The van der Waals surface area contributed by atoms with Crippen LogP contribution in [0.25, 0.3) is 11.1 Å². The van der Waals surface area contributed by atoms with Gasteiger partial charge in [-0.2, -0.15) is 0 Å². The second-order valence-electron chi connectivity index (χ2n) is 6.02. The lowest BCUT2D eigenvalue weighted by Crippen LogP contribution is -2.07. The Bertz CT molecular complexity index is 712. The van der Waals surface area contributed by atoms with E-state index in [1.54, 1.807) is 13.3 Å². The van der Waals surface area contributed by atoms with Crippen LogP contribution in [-0.2, 0) is 4.65 Å². The zero-order chi connectivity index (χ0) is 17.6. The van der Waals surface area contributed by atoms with E-state index in [-0.39, 0.29) is 12.5 Å². The first-order valence-electron chi connectivity index (χ1n) is 8.38. The molecule has 1 aromatic heterocycles. The first-order chi connectivity index (χ1) is 12.2. The molecular weight excluding hydrogens is 321 g/mol. The number of ether oxygens (including phenoxy) is 2. The van der Waals surface area contributed by atoms with E-state index in [0.29, 0.717) is 37.5 Å². The van der Waals surface area contributed by atoms with E-state index in [1.165, 1.54) is 0 Å². The average molecular weight is 343 g/mol. The van der Waals surface area contributed by atoms with Crippen molar-refractivity contribution in [3.63, 3.8) is 0 Å². The monoisotopic (exact) mass is 343 g/mol. The van der Waals surface area contributed by atoms with Crippen LogP contribution in [0.5, 0.6) is 11.5 Å². The van der Waals surface area contributed by atoms with E-state index in [0.717, 1.165) is 16.7 Å². The number of benzene rings is 1. The second kappa shape index (κ2) is 8.33. The van der Waals surface area contributed by atoms with Gasteiger partial charge in [-0.3, -0.25) is 4.98 Å². The molecule has 0 saturated carbocycles. The van der Waals surface area contributed by atoms with Crippen LogP contribution in [0, 0.1) is 0 Å². The van der Waals surface area contributed by atoms with E-state index in [9.17, 15) is 5.02 Å². The van der Waals surface area contributed by atoms with E-state index >= 15 is 0 Å². The highest BCUT2D eigenvalue weighted by atomic mass is 16.5. The van der Waals surface area contributed by atoms with Gasteiger partial charge in [0.15, 0.2) is 11.5 Å². The summed E-state index contributed by atoms with van der Waals surface area (Å²) in [6.07, 6.45) is 4.77. The highest BCUT2D eigenvalue weighted by Crippen LogP contribution is 2.34. The molecule has 1 aliphatic heterocycles. The molecule has 2 heterocycles. The Labute approximate surface area is 147 Å². The Morgan fingerprint density at radius 2 is 2.12 bits per heavy atom. The van der Waals surface area contributed by atoms with Gasteiger partial charge in [-0.1, -0.05) is 6.07 Å². The van der Waals surface area contributed by atoms with Crippen LogP contribution < -0.4 is 9.47 Å². The molecule has 2 N–H and O–H groups in total. The van der Waals surface area contributed by atoms with Gasteiger partial charge in [0.1, 0.15) is 0 Å². The highest BCUT2D eigenvalue weighted by Gasteiger charge is 2.30. The number of hydrogen-bond acceptors (Lipinski definition) is 6. The fraction of sp³-hybridized carbons (Fsp3) is 0.389. The number of aliphatic hydroxyl groups is 1. The fourth-order valence-electron chi connectivity index (χ4n) is 2.89. The van der Waals surface area contributed by atoms with E-state index in [2.05, 4.69) is 11.1 Å². The molecule has 0 aliphatic carbocycles. The summed E-state index contributed by atoms with van der Waals surface area (Å²) in [5, 5.41) is 18.5. The lowest BCUT2D eigenvalue weighted by atomic mass is 9.80. The number of pyridine rings is 1. The zero-order valence-corrected chi connectivity index (χ0v) is 14.2. The van der Waals surface area contributed by atoms with Gasteiger partial charge in [-0.25, -0.2) is 0 Å². The number of aliphatic hydroxyl groups excluding tert-OH is 1. The van der Waals surface area contributed by atoms with Crippen molar-refractivity contribution in [1.29, 1.82) is 0 Å². The van der Waals surface area contributed by atoms with Gasteiger partial charge in [0.25, 0.3) is 0 Å². The van der Waals surface area contributed by atoms with E-state index in [4.69, 9.17) is 19.2 Å². The quantitative estimate of drug-likeness (QED) is 0.592. The normalized spacial score (nSPS) is 16.9. The smallest absolute Gasteiger partial charge is 0.454 e. The number of aromatic nitrogens is 1. The zero-order valence-electron chi connectivity index (χ0n) is 14.2. The van der Waals surface area contributed by atoms with Crippen LogP contribution in [0.3, 0.4) is 0 Å². The van der Waals surface area contributed by atoms with Crippen LogP contribution in [-0.4, -0.2) is 49.2 Å². The number of rotatable bonds is 7. The highest BCUT2D eigenvalue weighted by molar-refractivity contribution is 6.43. The Morgan fingerprint density at radius 3 is 2.84 bits per heavy atom. The van der Waals surface area contributed by atoms with Gasteiger partial charge < -0.3 is 24.3 Å². The predicted molar refractivity (Wildman–Crippen MR) is 94.9 cm³/mol. The van der Waals surface area contributed by atoms with Crippen LogP contribution >= 0.6 is 0 Å². The number of methoxy groups -OCH3 is 1. The van der Waals surface area contributed by atoms with E-state index in [1.807, 2.05) is 24.4 Å². The molecule has 0 unspecified atom stereocenters. The minimum atomic E-state index is -0.693. The van der Waals surface area contributed by atoms with Crippen LogP contribution in [0.4, 0.5) is 0 Å². The minimum absolute atomic E-state index is 0.0866. The van der Waals surface area contributed by atoms with Crippen molar-refractivity contribution in [2.75, 3.05) is 26.9 Å². The predicted octanol–water partition coefficient (Wildman–Crippen LogP) is 2.11. The third-order valence-electron chi connectivity index (χ3n) is 4.26. The Hall–Kier alpha value is -2.09. The summed E-state index contributed by atoms with van der Waals surface area (Å²) in [6.45, 7) is 1.01. The molecule has 0 bridgehead atoms. The van der Waals surface area contributed by atoms with Gasteiger partial charge in [-0.05, 0) is 35.6 Å². The van der Waals surface area contributed by atoms with Crippen molar-refractivity contribution in [2.24, 2.45) is 0 Å². The molecule has 1 fully saturated rings. The molecule has 0 amide bonds. The van der Waals surface area contributed by atoms with Crippen molar-refractivity contribution < 1.29 is 24.3 Å². The third kappa shape index (κ3) is 4.31. The molecule has 1 aromatic carbocycles. The molecule has 3 rings (SSSR count). The molecule has 132 valence electrons. The maximum absolute atomic E-state index is 9.55. The standard InChI is InChI=1S/C18H22BNO5/c1-23-17-4-3-13(8-18(17)24-6-2-5-21)14-7-15(11-20-10-14)16-9-19(22)25-12-16/h3-4,7-8,10-11,16,21-22H,2,5-6,9,12H2,1H3/t16-/m0/s1. The SMILES string of the molecule is COc1ccc(-c2cncc([C@@H]3COB(O)C3)c2)cc1OCCCO. The summed E-state index contributed by atoms with van der Waals surface area (Å²) in [7, 11) is 0.905. The molecule has 6 nitrogen and oxygen atoms in total. The van der Waals surface area contributed by atoms with Gasteiger partial charge in [0.05, 0.1) is 13.7 Å². The van der Waals surface area contributed by atoms with E-state index < -0.39 is 7.12 Å². The van der Waals surface area contributed by atoms with Crippen molar-refractivity contribution in [1.82, 2.24) is 4.98 Å². The Morgan fingerprint density at radius 1 is 1.24 bits per heavy atom. The lowest BCUT2D eigenvalue weighted by Gasteiger charge is -2.13. The summed E-state index contributed by atoms with van der Waals surface area (Å²) in [6, 6.07) is 7.80. The lowest BCUT2D eigenvalue weighted by molar-refractivity contribution is 0.228. The number of hydrogen-bond donors (Lipinski definition) is 2. The van der Waals surface area contributed by atoms with Gasteiger partial charge >= 0.3 is 7.12 Å². The average Bonchev–Trinajstić information content (AvgIpc) is 3.08. The Balaban J connectivity index is 1.84. The van der Waals surface area contributed by atoms with Crippen molar-refractivity contribution in [2.45, 2.75) is 18.7 Å². The fourth-order valence-corrected chi connectivity index (χ4v) is 2.89. The summed E-state index contributed by atoms with van der Waals surface area (Å²) in [5.41, 5.74) is 2.98. The molecule has 2 aromatic rings. The molecule has 25 heavy (non-hydrogen) atoms. The molecule has 0 radical (unpaired) electrons. The molecule has 7 heteroatoms. The summed E-state index contributed by atoms with van der Waals surface area (Å²) < 4.78 is 16.3. The van der Waals surface area contributed by atoms with Crippen LogP contribution in [0.2, 0.25) is 6.32 Å². The van der Waals surface area contributed by atoms with Gasteiger partial charge in [-0.15, -0.1) is 0 Å². The van der Waals surface area contributed by atoms with Gasteiger partial charge in [0.2, 0.25) is 0 Å². The topological polar surface area (TPSA) is 81.0 Å².